The molecule has 0 aliphatic carbocycles. The predicted molar refractivity (Wildman–Crippen MR) is 80.1 cm³/mol. The highest BCUT2D eigenvalue weighted by molar-refractivity contribution is 9.10. The number of benzene rings is 1. The zero-order valence-electron chi connectivity index (χ0n) is 11.6. The van der Waals surface area contributed by atoms with Gasteiger partial charge in [0.05, 0.1) is 6.54 Å². The number of hydrogen-bond donors (Lipinski definition) is 1. The Hall–Kier alpha value is -0.680. The molecule has 1 aromatic carbocycles. The van der Waals surface area contributed by atoms with Crippen LogP contribution in [0, 0.1) is 0 Å². The zero-order valence-corrected chi connectivity index (χ0v) is 13.2. The predicted octanol–water partition coefficient (Wildman–Crippen LogP) is 4.21. The maximum atomic E-state index is 12.4. The summed E-state index contributed by atoms with van der Waals surface area (Å²) in [5, 5.41) is 3.41. The minimum atomic E-state index is -2.33. The number of nitrogens with one attached hydrogen (secondary N) is 1. The van der Waals surface area contributed by atoms with Gasteiger partial charge in [-0.1, -0.05) is 28.9 Å². The molecular formula is C14H21BrF2N2. The lowest BCUT2D eigenvalue weighted by Crippen LogP contribution is -2.24. The first-order valence-electron chi connectivity index (χ1n) is 6.47. The van der Waals surface area contributed by atoms with Crippen molar-refractivity contribution >= 4 is 21.6 Å². The summed E-state index contributed by atoms with van der Waals surface area (Å²) in [7, 11) is 1.67. The van der Waals surface area contributed by atoms with Crippen molar-refractivity contribution in [2.75, 3.05) is 25.0 Å². The molecule has 1 aromatic rings. The van der Waals surface area contributed by atoms with Gasteiger partial charge < -0.3 is 10.2 Å². The fraction of sp³-hybridized carbons (Fsp3) is 0.571. The highest BCUT2D eigenvalue weighted by Gasteiger charge is 2.12. The Morgan fingerprint density at radius 3 is 2.58 bits per heavy atom. The number of anilines is 1. The fourth-order valence-electron chi connectivity index (χ4n) is 1.89. The van der Waals surface area contributed by atoms with E-state index in [1.165, 1.54) is 0 Å². The third-order valence-electron chi connectivity index (χ3n) is 3.00. The van der Waals surface area contributed by atoms with Gasteiger partial charge in [0.1, 0.15) is 0 Å². The first-order chi connectivity index (χ1) is 8.95. The molecule has 0 saturated carbocycles. The molecule has 0 bridgehead atoms. The van der Waals surface area contributed by atoms with Gasteiger partial charge in [-0.2, -0.15) is 0 Å². The van der Waals surface area contributed by atoms with Crippen LogP contribution >= 0.6 is 15.9 Å². The van der Waals surface area contributed by atoms with E-state index in [4.69, 9.17) is 0 Å². The molecule has 2 nitrogen and oxygen atoms in total. The smallest absolute Gasteiger partial charge is 0.255 e. The molecule has 0 radical (unpaired) electrons. The van der Waals surface area contributed by atoms with E-state index in [-0.39, 0.29) is 12.6 Å². The summed E-state index contributed by atoms with van der Waals surface area (Å²) in [5.74, 6) is 0. The van der Waals surface area contributed by atoms with E-state index >= 15 is 0 Å². The van der Waals surface area contributed by atoms with E-state index in [1.54, 1.807) is 11.9 Å². The summed E-state index contributed by atoms with van der Waals surface area (Å²) in [4.78, 5) is 1.56. The fourth-order valence-corrected chi connectivity index (χ4v) is 2.60. The van der Waals surface area contributed by atoms with E-state index in [1.807, 2.05) is 18.2 Å². The van der Waals surface area contributed by atoms with Crippen LogP contribution in [0.15, 0.2) is 22.7 Å². The third-order valence-corrected chi connectivity index (χ3v) is 3.69. The van der Waals surface area contributed by atoms with Crippen molar-refractivity contribution in [3.8, 4) is 0 Å². The molecule has 19 heavy (non-hydrogen) atoms. The Morgan fingerprint density at radius 1 is 1.37 bits per heavy atom. The van der Waals surface area contributed by atoms with Crippen LogP contribution < -0.4 is 10.2 Å². The number of rotatable bonds is 7. The lowest BCUT2D eigenvalue weighted by atomic mass is 10.1. The molecule has 0 fully saturated rings. The zero-order chi connectivity index (χ0) is 14.4. The minimum absolute atomic E-state index is 0.240. The van der Waals surface area contributed by atoms with Gasteiger partial charge in [0, 0.05) is 23.2 Å². The largest absolute Gasteiger partial charge is 0.369 e. The second kappa shape index (κ2) is 7.80. The number of hydrogen-bond acceptors (Lipinski definition) is 2. The first-order valence-corrected chi connectivity index (χ1v) is 7.27. The van der Waals surface area contributed by atoms with Crippen LogP contribution in [-0.4, -0.2) is 26.6 Å². The molecule has 1 unspecified atom stereocenters. The number of nitrogens with zero attached hydrogens (tertiary/aromatic N) is 1. The standard InChI is InChI=1S/C14H21BrF2N2/c1-4-7-18-10(2)12-6-5-11(8-13(12)15)19(3)9-14(16)17/h5-6,8,10,14,18H,4,7,9H2,1-3H3. The molecule has 0 aliphatic heterocycles. The maximum Gasteiger partial charge on any atom is 0.255 e. The maximum absolute atomic E-state index is 12.4. The van der Waals surface area contributed by atoms with Gasteiger partial charge in [0.2, 0.25) is 0 Å². The molecule has 1 N–H and O–H groups in total. The lowest BCUT2D eigenvalue weighted by molar-refractivity contribution is 0.156. The summed E-state index contributed by atoms with van der Waals surface area (Å²) in [6.45, 7) is 4.92. The van der Waals surface area contributed by atoms with Gasteiger partial charge in [-0.15, -0.1) is 0 Å². The van der Waals surface area contributed by atoms with Crippen LogP contribution in [0.3, 0.4) is 0 Å². The van der Waals surface area contributed by atoms with Crippen molar-refractivity contribution in [1.82, 2.24) is 5.32 Å². The summed E-state index contributed by atoms with van der Waals surface area (Å²) >= 11 is 3.52. The Morgan fingerprint density at radius 2 is 2.05 bits per heavy atom. The molecule has 108 valence electrons. The topological polar surface area (TPSA) is 15.3 Å². The van der Waals surface area contributed by atoms with Gasteiger partial charge in [-0.05, 0) is 37.6 Å². The van der Waals surface area contributed by atoms with Crippen LogP contribution in [0.5, 0.6) is 0 Å². The van der Waals surface area contributed by atoms with Crippen LogP contribution in [-0.2, 0) is 0 Å². The molecule has 0 amide bonds. The van der Waals surface area contributed by atoms with E-state index < -0.39 is 6.43 Å². The molecular weight excluding hydrogens is 314 g/mol. The Bertz CT molecular complexity index is 399. The normalized spacial score (nSPS) is 12.8. The van der Waals surface area contributed by atoms with Crippen molar-refractivity contribution in [2.24, 2.45) is 0 Å². The SMILES string of the molecule is CCCNC(C)c1ccc(N(C)CC(F)F)cc1Br. The van der Waals surface area contributed by atoms with Crippen molar-refractivity contribution in [3.63, 3.8) is 0 Å². The molecule has 0 aromatic heterocycles. The van der Waals surface area contributed by atoms with Crippen LogP contribution in [0.2, 0.25) is 0 Å². The quantitative estimate of drug-likeness (QED) is 0.803. The Kier molecular flexibility index (Phi) is 6.72. The van der Waals surface area contributed by atoms with E-state index in [2.05, 4.69) is 35.1 Å². The highest BCUT2D eigenvalue weighted by Crippen LogP contribution is 2.28. The molecule has 0 saturated heterocycles. The van der Waals surface area contributed by atoms with Gasteiger partial charge in [-0.25, -0.2) is 8.78 Å². The molecule has 0 heterocycles. The second-order valence-corrected chi connectivity index (χ2v) is 5.51. The lowest BCUT2D eigenvalue weighted by Gasteiger charge is -2.21. The van der Waals surface area contributed by atoms with E-state index in [0.29, 0.717) is 0 Å². The summed E-state index contributed by atoms with van der Waals surface area (Å²) in [6.07, 6.45) is -1.24. The van der Waals surface area contributed by atoms with E-state index in [0.717, 1.165) is 28.7 Å². The average Bonchev–Trinajstić information content (AvgIpc) is 2.34. The Balaban J connectivity index is 2.79. The van der Waals surface area contributed by atoms with Crippen molar-refractivity contribution in [3.05, 3.63) is 28.2 Å². The number of halogens is 3. The Labute approximate surface area is 122 Å². The molecule has 0 spiro atoms. The van der Waals surface area contributed by atoms with Crippen LogP contribution in [0.1, 0.15) is 31.9 Å². The van der Waals surface area contributed by atoms with Crippen LogP contribution in [0.4, 0.5) is 14.5 Å². The summed E-state index contributed by atoms with van der Waals surface area (Å²) in [5.41, 5.74) is 1.93. The molecule has 1 atom stereocenters. The molecule has 0 aliphatic rings. The minimum Gasteiger partial charge on any atom is -0.369 e. The van der Waals surface area contributed by atoms with Crippen molar-refractivity contribution < 1.29 is 8.78 Å². The van der Waals surface area contributed by atoms with Crippen molar-refractivity contribution in [1.29, 1.82) is 0 Å². The van der Waals surface area contributed by atoms with Gasteiger partial charge in [0.25, 0.3) is 6.43 Å². The number of alkyl halides is 2. The second-order valence-electron chi connectivity index (χ2n) is 4.65. The highest BCUT2D eigenvalue weighted by atomic mass is 79.9. The monoisotopic (exact) mass is 334 g/mol. The van der Waals surface area contributed by atoms with Gasteiger partial charge in [-0.3, -0.25) is 0 Å². The van der Waals surface area contributed by atoms with Gasteiger partial charge in [0.15, 0.2) is 0 Å². The first kappa shape index (κ1) is 16.4. The van der Waals surface area contributed by atoms with Crippen LogP contribution in [0.25, 0.3) is 0 Å². The van der Waals surface area contributed by atoms with E-state index in [9.17, 15) is 8.78 Å². The average molecular weight is 335 g/mol. The molecule has 5 heteroatoms. The van der Waals surface area contributed by atoms with Crippen molar-refractivity contribution in [2.45, 2.75) is 32.7 Å². The van der Waals surface area contributed by atoms with Gasteiger partial charge >= 0.3 is 0 Å². The summed E-state index contributed by atoms with van der Waals surface area (Å²) < 4.78 is 25.7. The molecule has 1 rings (SSSR count). The third kappa shape index (κ3) is 5.07. The summed E-state index contributed by atoms with van der Waals surface area (Å²) in [6, 6.07) is 5.99.